The third-order valence-corrected chi connectivity index (χ3v) is 4.60. The Balaban J connectivity index is 1.84. The zero-order valence-corrected chi connectivity index (χ0v) is 12.9. The van der Waals surface area contributed by atoms with Crippen LogP contribution in [-0.4, -0.2) is 15.8 Å². The van der Waals surface area contributed by atoms with Crippen LogP contribution in [0.15, 0.2) is 42.5 Å². The van der Waals surface area contributed by atoms with Gasteiger partial charge in [-0.15, -0.1) is 0 Å². The summed E-state index contributed by atoms with van der Waals surface area (Å²) in [5, 5.41) is 2.40. The van der Waals surface area contributed by atoms with Crippen LogP contribution < -0.4 is 5.73 Å². The molecule has 1 aliphatic rings. The number of aryl methyl sites for hydroxylation is 1. The molecule has 0 radical (unpaired) electrons. The Morgan fingerprint density at radius 2 is 1.83 bits per heavy atom. The van der Waals surface area contributed by atoms with Crippen LogP contribution in [0.3, 0.4) is 0 Å². The van der Waals surface area contributed by atoms with Gasteiger partial charge in [0.25, 0.3) is 0 Å². The maximum Gasteiger partial charge on any atom is 0.220 e. The second-order valence-electron chi connectivity index (χ2n) is 6.09. The van der Waals surface area contributed by atoms with E-state index in [-0.39, 0.29) is 17.6 Å². The number of anilines is 1. The van der Waals surface area contributed by atoms with Gasteiger partial charge in [0.15, 0.2) is 5.78 Å². The first-order chi connectivity index (χ1) is 11.1. The van der Waals surface area contributed by atoms with Gasteiger partial charge in [-0.3, -0.25) is 4.79 Å². The Morgan fingerprint density at radius 3 is 2.70 bits per heavy atom. The molecule has 1 heterocycles. The predicted octanol–water partition coefficient (Wildman–Crippen LogP) is 3.43. The third-order valence-electron chi connectivity index (χ3n) is 4.60. The number of Topliss-reactive ketones (excluding diaryl/α,β-unsaturated/α-hetero) is 1. The van der Waals surface area contributed by atoms with Crippen molar-refractivity contribution < 1.29 is 4.79 Å². The maximum absolute atomic E-state index is 12.6. The highest BCUT2D eigenvalue weighted by Gasteiger charge is 2.30. The fourth-order valence-electron chi connectivity index (χ4n) is 3.62. The van der Waals surface area contributed by atoms with Gasteiger partial charge < -0.3 is 5.73 Å². The molecule has 4 rings (SSSR count). The summed E-state index contributed by atoms with van der Waals surface area (Å²) in [4.78, 5) is 21.1. The molecule has 0 saturated carbocycles. The van der Waals surface area contributed by atoms with Gasteiger partial charge >= 0.3 is 0 Å². The first kappa shape index (κ1) is 13.9. The average molecular weight is 303 g/mol. The fourth-order valence-corrected chi connectivity index (χ4v) is 3.62. The van der Waals surface area contributed by atoms with E-state index in [1.807, 2.05) is 19.1 Å². The first-order valence-electron chi connectivity index (χ1n) is 7.77. The smallest absolute Gasteiger partial charge is 0.220 e. The van der Waals surface area contributed by atoms with Gasteiger partial charge in [-0.1, -0.05) is 42.5 Å². The second kappa shape index (κ2) is 5.16. The van der Waals surface area contributed by atoms with Crippen molar-refractivity contribution in [3.05, 3.63) is 65.0 Å². The van der Waals surface area contributed by atoms with Crippen molar-refractivity contribution in [1.29, 1.82) is 0 Å². The van der Waals surface area contributed by atoms with Crippen molar-refractivity contribution in [2.45, 2.75) is 25.7 Å². The predicted molar refractivity (Wildman–Crippen MR) is 90.5 cm³/mol. The Morgan fingerprint density at radius 1 is 1.04 bits per heavy atom. The lowest BCUT2D eigenvalue weighted by molar-refractivity contribution is 0.0962. The molecule has 114 valence electrons. The lowest BCUT2D eigenvalue weighted by atomic mass is 9.79. The summed E-state index contributed by atoms with van der Waals surface area (Å²) in [5.41, 5.74) is 9.11. The first-order valence-corrected chi connectivity index (χ1v) is 7.77. The van der Waals surface area contributed by atoms with Crippen LogP contribution in [0.4, 0.5) is 5.95 Å². The molecule has 0 aliphatic heterocycles. The molecule has 1 unspecified atom stereocenters. The minimum atomic E-state index is 0.113. The highest BCUT2D eigenvalue weighted by Crippen LogP contribution is 2.36. The summed E-state index contributed by atoms with van der Waals surface area (Å²) >= 11 is 0. The molecule has 2 N–H and O–H groups in total. The number of nitrogens with two attached hydrogens (primary N) is 1. The summed E-state index contributed by atoms with van der Waals surface area (Å²) in [6.07, 6.45) is 1.22. The number of fused-ring (bicyclic) bond motifs is 2. The quantitative estimate of drug-likeness (QED) is 0.747. The molecule has 0 fully saturated rings. The SMILES string of the molecule is Cc1nc(N)nc2c1C(=O)CC(c1cccc3ccccc13)C2. The molecular formula is C19H17N3O. The van der Waals surface area contributed by atoms with Crippen LogP contribution in [-0.2, 0) is 6.42 Å². The maximum atomic E-state index is 12.6. The number of aromatic nitrogens is 2. The van der Waals surface area contributed by atoms with E-state index in [1.54, 1.807) is 0 Å². The minimum Gasteiger partial charge on any atom is -0.368 e. The fraction of sp³-hybridized carbons (Fsp3) is 0.211. The molecule has 1 aliphatic carbocycles. The number of hydrogen-bond acceptors (Lipinski definition) is 4. The number of hydrogen-bond donors (Lipinski definition) is 1. The molecule has 1 atom stereocenters. The van der Waals surface area contributed by atoms with Crippen molar-refractivity contribution in [2.75, 3.05) is 5.73 Å². The Kier molecular flexibility index (Phi) is 3.11. The van der Waals surface area contributed by atoms with Gasteiger partial charge in [-0.25, -0.2) is 9.97 Å². The molecule has 0 amide bonds. The molecular weight excluding hydrogens is 286 g/mol. The van der Waals surface area contributed by atoms with E-state index in [1.165, 1.54) is 16.3 Å². The van der Waals surface area contributed by atoms with Crippen molar-refractivity contribution in [2.24, 2.45) is 0 Å². The minimum absolute atomic E-state index is 0.113. The number of rotatable bonds is 1. The molecule has 4 nitrogen and oxygen atoms in total. The molecule has 2 aromatic carbocycles. The summed E-state index contributed by atoms with van der Waals surface area (Å²) in [6.45, 7) is 1.83. The van der Waals surface area contributed by atoms with Crippen molar-refractivity contribution in [1.82, 2.24) is 9.97 Å². The van der Waals surface area contributed by atoms with Gasteiger partial charge in [0.2, 0.25) is 5.95 Å². The zero-order chi connectivity index (χ0) is 16.0. The summed E-state index contributed by atoms with van der Waals surface area (Å²) in [5.74, 6) is 0.490. The Hall–Kier alpha value is -2.75. The van der Waals surface area contributed by atoms with Gasteiger partial charge in [0.1, 0.15) is 0 Å². The van der Waals surface area contributed by atoms with E-state index in [2.05, 4.69) is 40.3 Å². The van der Waals surface area contributed by atoms with E-state index in [9.17, 15) is 4.79 Å². The van der Waals surface area contributed by atoms with Gasteiger partial charge in [-0.2, -0.15) is 0 Å². The van der Waals surface area contributed by atoms with Crippen LogP contribution in [0.2, 0.25) is 0 Å². The van der Waals surface area contributed by atoms with Gasteiger partial charge in [0, 0.05) is 6.42 Å². The highest BCUT2D eigenvalue weighted by molar-refractivity contribution is 6.00. The number of nitrogens with zero attached hydrogens (tertiary/aromatic N) is 2. The molecule has 0 spiro atoms. The van der Waals surface area contributed by atoms with Crippen LogP contribution in [0, 0.1) is 6.92 Å². The highest BCUT2D eigenvalue weighted by atomic mass is 16.1. The molecule has 0 bridgehead atoms. The normalized spacial score (nSPS) is 17.3. The molecule has 0 saturated heterocycles. The number of nitrogen functional groups attached to an aromatic ring is 1. The van der Waals surface area contributed by atoms with Crippen LogP contribution in [0.5, 0.6) is 0 Å². The van der Waals surface area contributed by atoms with E-state index in [4.69, 9.17) is 5.73 Å². The molecule has 1 aromatic heterocycles. The number of ketones is 1. The van der Waals surface area contributed by atoms with Crippen molar-refractivity contribution in [3.63, 3.8) is 0 Å². The molecule has 4 heteroatoms. The van der Waals surface area contributed by atoms with Crippen LogP contribution in [0.1, 0.15) is 39.6 Å². The average Bonchev–Trinajstić information content (AvgIpc) is 2.53. The van der Waals surface area contributed by atoms with E-state index < -0.39 is 0 Å². The standard InChI is InChI=1S/C19H17N3O/c1-11-18-16(22-19(20)21-11)9-13(10-17(18)23)15-8-4-6-12-5-2-3-7-14(12)15/h2-8,13H,9-10H2,1H3,(H2,20,21,22). The Labute approximate surface area is 134 Å². The number of carbonyl (C=O) groups excluding carboxylic acids is 1. The summed E-state index contributed by atoms with van der Waals surface area (Å²) in [6, 6.07) is 14.5. The zero-order valence-electron chi connectivity index (χ0n) is 12.9. The number of benzene rings is 2. The van der Waals surface area contributed by atoms with Crippen LogP contribution >= 0.6 is 0 Å². The third kappa shape index (κ3) is 2.27. The lowest BCUT2D eigenvalue weighted by Crippen LogP contribution is -2.23. The lowest BCUT2D eigenvalue weighted by Gasteiger charge is -2.25. The number of carbonyl (C=O) groups is 1. The second-order valence-corrected chi connectivity index (χ2v) is 6.09. The topological polar surface area (TPSA) is 68.9 Å². The van der Waals surface area contributed by atoms with Crippen molar-refractivity contribution >= 4 is 22.5 Å². The summed E-state index contributed by atoms with van der Waals surface area (Å²) in [7, 11) is 0. The largest absolute Gasteiger partial charge is 0.368 e. The molecule has 3 aromatic rings. The monoisotopic (exact) mass is 303 g/mol. The Bertz CT molecular complexity index is 928. The van der Waals surface area contributed by atoms with Gasteiger partial charge in [0.05, 0.1) is 17.0 Å². The van der Waals surface area contributed by atoms with Gasteiger partial charge in [-0.05, 0) is 35.6 Å². The van der Waals surface area contributed by atoms with E-state index >= 15 is 0 Å². The molecule has 23 heavy (non-hydrogen) atoms. The summed E-state index contributed by atoms with van der Waals surface area (Å²) < 4.78 is 0. The van der Waals surface area contributed by atoms with Crippen LogP contribution in [0.25, 0.3) is 10.8 Å². The van der Waals surface area contributed by atoms with Crippen molar-refractivity contribution in [3.8, 4) is 0 Å². The van der Waals surface area contributed by atoms with E-state index in [0.29, 0.717) is 17.7 Å². The van der Waals surface area contributed by atoms with E-state index in [0.717, 1.165) is 12.1 Å².